The van der Waals surface area contributed by atoms with Crippen molar-refractivity contribution >= 4 is 11.8 Å². The summed E-state index contributed by atoms with van der Waals surface area (Å²) in [4.78, 5) is 22.1. The number of aromatic nitrogens is 2. The number of nitrogens with one attached hydrogen (secondary N) is 1. The molecule has 6 heteroatoms. The van der Waals surface area contributed by atoms with Crippen molar-refractivity contribution in [2.24, 2.45) is 12.8 Å². The Balaban J connectivity index is 2.69. The van der Waals surface area contributed by atoms with Gasteiger partial charge in [0.15, 0.2) is 0 Å². The lowest BCUT2D eigenvalue weighted by molar-refractivity contribution is -0.119. The SMILES string of the molecule is C[C@@H](NC(=O)c1ccnn1C)C(N)=O. The van der Waals surface area contributed by atoms with Gasteiger partial charge in [-0.3, -0.25) is 14.3 Å². The lowest BCUT2D eigenvalue weighted by atomic mass is 10.3. The molecule has 0 aromatic carbocycles. The summed E-state index contributed by atoms with van der Waals surface area (Å²) in [7, 11) is 1.64. The van der Waals surface area contributed by atoms with Gasteiger partial charge in [0.2, 0.25) is 5.91 Å². The predicted octanol–water partition coefficient (Wildman–Crippen LogP) is -0.976. The van der Waals surface area contributed by atoms with E-state index in [1.807, 2.05) is 0 Å². The fourth-order valence-electron chi connectivity index (χ4n) is 0.938. The van der Waals surface area contributed by atoms with Crippen LogP contribution in [0.5, 0.6) is 0 Å². The first-order valence-corrected chi connectivity index (χ1v) is 4.10. The first-order valence-electron chi connectivity index (χ1n) is 4.10. The summed E-state index contributed by atoms with van der Waals surface area (Å²) in [6.45, 7) is 1.52. The van der Waals surface area contributed by atoms with Crippen molar-refractivity contribution < 1.29 is 9.59 Å². The standard InChI is InChI=1S/C8H12N4O2/c1-5(7(9)13)11-8(14)6-3-4-10-12(6)2/h3-5H,1-2H3,(H2,9,13)(H,11,14)/t5-/m1/s1. The zero-order valence-corrected chi connectivity index (χ0v) is 8.02. The van der Waals surface area contributed by atoms with Crippen molar-refractivity contribution in [3.05, 3.63) is 18.0 Å². The molecule has 0 aliphatic carbocycles. The topological polar surface area (TPSA) is 90.0 Å². The van der Waals surface area contributed by atoms with Gasteiger partial charge in [0.05, 0.1) is 0 Å². The number of primary amides is 1. The molecule has 0 fully saturated rings. The number of aryl methyl sites for hydroxylation is 1. The molecule has 1 heterocycles. The number of carbonyl (C=O) groups is 2. The maximum atomic E-state index is 11.5. The highest BCUT2D eigenvalue weighted by Crippen LogP contribution is 1.96. The molecular formula is C8H12N4O2. The first-order chi connectivity index (χ1) is 6.52. The summed E-state index contributed by atoms with van der Waals surface area (Å²) in [5, 5.41) is 6.28. The van der Waals surface area contributed by atoms with Crippen LogP contribution in [0.25, 0.3) is 0 Å². The molecule has 0 spiro atoms. The van der Waals surface area contributed by atoms with Crippen LogP contribution in [-0.2, 0) is 11.8 Å². The molecule has 0 unspecified atom stereocenters. The zero-order chi connectivity index (χ0) is 10.7. The molecule has 0 aliphatic heterocycles. The average molecular weight is 196 g/mol. The van der Waals surface area contributed by atoms with E-state index in [2.05, 4.69) is 10.4 Å². The monoisotopic (exact) mass is 196 g/mol. The van der Waals surface area contributed by atoms with E-state index >= 15 is 0 Å². The molecule has 1 aromatic heterocycles. The molecule has 0 saturated carbocycles. The summed E-state index contributed by atoms with van der Waals surface area (Å²) in [6.07, 6.45) is 1.50. The summed E-state index contributed by atoms with van der Waals surface area (Å²) in [5.41, 5.74) is 5.39. The molecule has 0 saturated heterocycles. The normalized spacial score (nSPS) is 12.1. The van der Waals surface area contributed by atoms with E-state index in [4.69, 9.17) is 5.73 Å². The van der Waals surface area contributed by atoms with Gasteiger partial charge in [0, 0.05) is 13.2 Å². The van der Waals surface area contributed by atoms with Gasteiger partial charge in [-0.25, -0.2) is 0 Å². The van der Waals surface area contributed by atoms with Crippen LogP contribution in [0.2, 0.25) is 0 Å². The highest BCUT2D eigenvalue weighted by Gasteiger charge is 2.15. The van der Waals surface area contributed by atoms with Crippen LogP contribution in [-0.4, -0.2) is 27.6 Å². The van der Waals surface area contributed by atoms with Gasteiger partial charge in [-0.05, 0) is 13.0 Å². The van der Waals surface area contributed by atoms with Crippen LogP contribution in [0, 0.1) is 0 Å². The van der Waals surface area contributed by atoms with E-state index in [-0.39, 0.29) is 5.91 Å². The van der Waals surface area contributed by atoms with E-state index < -0.39 is 11.9 Å². The van der Waals surface area contributed by atoms with E-state index in [9.17, 15) is 9.59 Å². The largest absolute Gasteiger partial charge is 0.368 e. The smallest absolute Gasteiger partial charge is 0.270 e. The number of carbonyl (C=O) groups excluding carboxylic acids is 2. The number of hydrogen-bond acceptors (Lipinski definition) is 3. The van der Waals surface area contributed by atoms with Crippen LogP contribution in [0.3, 0.4) is 0 Å². The van der Waals surface area contributed by atoms with Gasteiger partial charge in [-0.2, -0.15) is 5.10 Å². The van der Waals surface area contributed by atoms with E-state index in [0.29, 0.717) is 5.69 Å². The van der Waals surface area contributed by atoms with Crippen molar-refractivity contribution in [1.29, 1.82) is 0 Å². The van der Waals surface area contributed by atoms with Crippen molar-refractivity contribution in [2.75, 3.05) is 0 Å². The molecule has 2 amide bonds. The Morgan fingerprint density at radius 2 is 2.29 bits per heavy atom. The Morgan fingerprint density at radius 1 is 1.64 bits per heavy atom. The van der Waals surface area contributed by atoms with E-state index in [1.54, 1.807) is 13.1 Å². The quantitative estimate of drug-likeness (QED) is 0.651. The van der Waals surface area contributed by atoms with Gasteiger partial charge in [0.1, 0.15) is 11.7 Å². The maximum Gasteiger partial charge on any atom is 0.270 e. The van der Waals surface area contributed by atoms with Gasteiger partial charge < -0.3 is 11.1 Å². The molecule has 3 N–H and O–H groups in total. The number of nitrogens with zero attached hydrogens (tertiary/aromatic N) is 2. The van der Waals surface area contributed by atoms with Crippen molar-refractivity contribution in [3.8, 4) is 0 Å². The second kappa shape index (κ2) is 3.91. The van der Waals surface area contributed by atoms with Crippen molar-refractivity contribution in [2.45, 2.75) is 13.0 Å². The van der Waals surface area contributed by atoms with E-state index in [0.717, 1.165) is 0 Å². The number of rotatable bonds is 3. The summed E-state index contributed by atoms with van der Waals surface area (Å²) >= 11 is 0. The summed E-state index contributed by atoms with van der Waals surface area (Å²) < 4.78 is 1.42. The molecule has 1 rings (SSSR count). The fourth-order valence-corrected chi connectivity index (χ4v) is 0.938. The molecular weight excluding hydrogens is 184 g/mol. The van der Waals surface area contributed by atoms with Crippen molar-refractivity contribution in [3.63, 3.8) is 0 Å². The third kappa shape index (κ3) is 2.09. The highest BCUT2D eigenvalue weighted by atomic mass is 16.2. The van der Waals surface area contributed by atoms with Gasteiger partial charge in [-0.1, -0.05) is 0 Å². The minimum absolute atomic E-state index is 0.365. The lowest BCUT2D eigenvalue weighted by Gasteiger charge is -2.09. The van der Waals surface area contributed by atoms with Crippen LogP contribution < -0.4 is 11.1 Å². The second-order valence-corrected chi connectivity index (χ2v) is 2.94. The second-order valence-electron chi connectivity index (χ2n) is 2.94. The average Bonchev–Trinajstić information content (AvgIpc) is 2.51. The number of hydrogen-bond donors (Lipinski definition) is 2. The Bertz CT molecular complexity index is 358. The molecule has 1 atom stereocenters. The highest BCUT2D eigenvalue weighted by molar-refractivity contribution is 5.95. The maximum absolute atomic E-state index is 11.5. The minimum Gasteiger partial charge on any atom is -0.368 e. The van der Waals surface area contributed by atoms with Crippen LogP contribution in [0.4, 0.5) is 0 Å². The molecule has 0 bridgehead atoms. The number of amides is 2. The van der Waals surface area contributed by atoms with E-state index in [1.165, 1.54) is 17.8 Å². The molecule has 14 heavy (non-hydrogen) atoms. The predicted molar refractivity (Wildman–Crippen MR) is 49.3 cm³/mol. The van der Waals surface area contributed by atoms with Crippen LogP contribution in [0.15, 0.2) is 12.3 Å². The summed E-state index contributed by atoms with van der Waals surface area (Å²) in [5.74, 6) is -0.934. The molecule has 1 aromatic rings. The fraction of sp³-hybridized carbons (Fsp3) is 0.375. The third-order valence-corrected chi connectivity index (χ3v) is 1.83. The Hall–Kier alpha value is -1.85. The lowest BCUT2D eigenvalue weighted by Crippen LogP contribution is -2.42. The minimum atomic E-state index is -0.683. The molecule has 0 radical (unpaired) electrons. The number of nitrogens with two attached hydrogens (primary N) is 1. The molecule has 6 nitrogen and oxygen atoms in total. The molecule has 76 valence electrons. The molecule has 0 aliphatic rings. The Kier molecular flexibility index (Phi) is 2.85. The Morgan fingerprint density at radius 3 is 2.71 bits per heavy atom. The van der Waals surface area contributed by atoms with Gasteiger partial charge >= 0.3 is 0 Å². The van der Waals surface area contributed by atoms with Crippen LogP contribution >= 0.6 is 0 Å². The summed E-state index contributed by atoms with van der Waals surface area (Å²) in [6, 6.07) is 0.876. The Labute approximate surface area is 81.1 Å². The third-order valence-electron chi connectivity index (χ3n) is 1.83. The first kappa shape index (κ1) is 10.2. The zero-order valence-electron chi connectivity index (χ0n) is 8.02. The van der Waals surface area contributed by atoms with Crippen molar-refractivity contribution in [1.82, 2.24) is 15.1 Å². The van der Waals surface area contributed by atoms with Crippen LogP contribution in [0.1, 0.15) is 17.4 Å². The van der Waals surface area contributed by atoms with Gasteiger partial charge in [0.25, 0.3) is 5.91 Å². The van der Waals surface area contributed by atoms with Gasteiger partial charge in [-0.15, -0.1) is 0 Å².